The van der Waals surface area contributed by atoms with Crippen LogP contribution in [0.1, 0.15) is 21.6 Å². The summed E-state index contributed by atoms with van der Waals surface area (Å²) in [6.07, 6.45) is 3.56. The van der Waals surface area contributed by atoms with E-state index in [4.69, 9.17) is 9.72 Å². The summed E-state index contributed by atoms with van der Waals surface area (Å²) in [5.41, 5.74) is 6.93. The summed E-state index contributed by atoms with van der Waals surface area (Å²) in [6.45, 7) is 4.63. The van der Waals surface area contributed by atoms with E-state index in [1.54, 1.807) is 16.8 Å². The molecular weight excluding hydrogens is 480 g/mol. The van der Waals surface area contributed by atoms with Gasteiger partial charge in [0, 0.05) is 61.4 Å². The van der Waals surface area contributed by atoms with Gasteiger partial charge in [-0.3, -0.25) is 9.89 Å². The monoisotopic (exact) mass is 506 g/mol. The number of rotatable bonds is 5. The van der Waals surface area contributed by atoms with E-state index in [1.807, 2.05) is 36.5 Å². The maximum Gasteiger partial charge on any atom is 0.276 e. The van der Waals surface area contributed by atoms with Gasteiger partial charge < -0.3 is 19.9 Å². The number of morpholine rings is 1. The van der Waals surface area contributed by atoms with Crippen LogP contribution in [0.2, 0.25) is 0 Å². The lowest BCUT2D eigenvalue weighted by molar-refractivity contribution is 0.102. The molecule has 7 rings (SSSR count). The highest BCUT2D eigenvalue weighted by molar-refractivity contribution is 6.03. The van der Waals surface area contributed by atoms with Gasteiger partial charge in [-0.15, -0.1) is 0 Å². The van der Waals surface area contributed by atoms with Gasteiger partial charge in [-0.2, -0.15) is 10.2 Å². The van der Waals surface area contributed by atoms with Crippen LogP contribution in [-0.2, 0) is 17.8 Å². The predicted molar refractivity (Wildman–Crippen MR) is 144 cm³/mol. The van der Waals surface area contributed by atoms with E-state index < -0.39 is 0 Å². The molecule has 5 aromatic rings. The smallest absolute Gasteiger partial charge is 0.276 e. The Balaban J connectivity index is 1.20. The largest absolute Gasteiger partial charge is 0.378 e. The Hall–Kier alpha value is -4.70. The van der Waals surface area contributed by atoms with E-state index in [1.165, 1.54) is 11.1 Å². The lowest BCUT2D eigenvalue weighted by atomic mass is 10.1. The zero-order chi connectivity index (χ0) is 25.5. The number of nitrogens with zero attached hydrogens (tertiary/aromatic N) is 6. The fourth-order valence-corrected chi connectivity index (χ4v) is 5.12. The minimum atomic E-state index is -0.289. The summed E-state index contributed by atoms with van der Waals surface area (Å²) < 4.78 is 7.16. The summed E-state index contributed by atoms with van der Waals surface area (Å²) in [4.78, 5) is 22.7. The second-order valence-electron chi connectivity index (χ2n) is 9.51. The molecule has 2 aliphatic heterocycles. The van der Waals surface area contributed by atoms with Gasteiger partial charge in [0.1, 0.15) is 5.82 Å². The third kappa shape index (κ3) is 4.14. The van der Waals surface area contributed by atoms with Crippen LogP contribution >= 0.6 is 0 Å². The normalized spacial score (nSPS) is 15.2. The van der Waals surface area contributed by atoms with Crippen LogP contribution in [0.25, 0.3) is 16.9 Å². The van der Waals surface area contributed by atoms with Crippen LogP contribution in [-0.4, -0.2) is 57.0 Å². The molecule has 190 valence electrons. The molecule has 10 nitrogen and oxygen atoms in total. The van der Waals surface area contributed by atoms with Gasteiger partial charge in [-0.25, -0.2) is 9.50 Å². The van der Waals surface area contributed by atoms with Crippen molar-refractivity contribution in [1.29, 1.82) is 0 Å². The molecule has 0 radical (unpaired) electrons. The number of aromatic nitrogens is 5. The van der Waals surface area contributed by atoms with Crippen LogP contribution in [0.4, 0.5) is 17.2 Å². The van der Waals surface area contributed by atoms with E-state index in [-0.39, 0.29) is 5.91 Å². The molecule has 3 aromatic heterocycles. The first-order valence-electron chi connectivity index (χ1n) is 12.7. The van der Waals surface area contributed by atoms with E-state index in [9.17, 15) is 4.79 Å². The second kappa shape index (κ2) is 9.31. The molecule has 0 atom stereocenters. The molecule has 38 heavy (non-hydrogen) atoms. The fraction of sp³-hybridized carbons (Fsp3) is 0.214. The molecular formula is C28H26N8O2. The minimum Gasteiger partial charge on any atom is -0.378 e. The molecule has 0 aliphatic carbocycles. The van der Waals surface area contributed by atoms with Gasteiger partial charge in [0.25, 0.3) is 5.91 Å². The average Bonchev–Trinajstić information content (AvgIpc) is 3.73. The van der Waals surface area contributed by atoms with Crippen molar-refractivity contribution in [3.8, 4) is 11.3 Å². The molecule has 0 spiro atoms. The molecule has 0 saturated carbocycles. The van der Waals surface area contributed by atoms with E-state index in [0.29, 0.717) is 24.6 Å². The molecule has 2 aromatic carbocycles. The van der Waals surface area contributed by atoms with Crippen molar-refractivity contribution >= 4 is 28.7 Å². The molecule has 2 N–H and O–H groups in total. The van der Waals surface area contributed by atoms with Crippen LogP contribution in [0, 0.1) is 0 Å². The van der Waals surface area contributed by atoms with Crippen molar-refractivity contribution in [2.24, 2.45) is 0 Å². The standard InChI is InChI=1S/C28H26N8O2/c37-28(31-22-6-3-7-23(12-22)34-8-10-38-11-9-34)24-13-27-32-26(35-17-19-4-1-2-5-20(19)18-35)14-25(36(27)33-24)21-15-29-30-16-21/h1-7,12-16H,8-11,17-18H2,(H,29,30)(H,31,37). The van der Waals surface area contributed by atoms with Crippen molar-refractivity contribution < 1.29 is 9.53 Å². The topological polar surface area (TPSA) is 104 Å². The van der Waals surface area contributed by atoms with Gasteiger partial charge in [-0.05, 0) is 29.3 Å². The Labute approximate surface area is 218 Å². The predicted octanol–water partition coefficient (Wildman–Crippen LogP) is 3.73. The number of fused-ring (bicyclic) bond motifs is 2. The van der Waals surface area contributed by atoms with Crippen LogP contribution < -0.4 is 15.1 Å². The number of hydrogen-bond donors (Lipinski definition) is 2. The number of amides is 1. The number of carbonyl (C=O) groups excluding carboxylic acids is 1. The van der Waals surface area contributed by atoms with Crippen LogP contribution in [0.3, 0.4) is 0 Å². The van der Waals surface area contributed by atoms with Crippen molar-refractivity contribution in [1.82, 2.24) is 24.8 Å². The first-order chi connectivity index (χ1) is 18.7. The Bertz CT molecular complexity index is 1600. The van der Waals surface area contributed by atoms with Crippen molar-refractivity contribution in [2.45, 2.75) is 13.1 Å². The maximum atomic E-state index is 13.3. The Morgan fingerprint density at radius 3 is 2.53 bits per heavy atom. The summed E-state index contributed by atoms with van der Waals surface area (Å²) in [5, 5.41) is 14.6. The molecule has 5 heterocycles. The van der Waals surface area contributed by atoms with Gasteiger partial charge in [0.15, 0.2) is 11.3 Å². The molecule has 0 unspecified atom stereocenters. The van der Waals surface area contributed by atoms with Gasteiger partial charge in [0.05, 0.1) is 25.1 Å². The number of benzene rings is 2. The SMILES string of the molecule is O=C(Nc1cccc(N2CCOCC2)c1)c1cc2nc(N3Cc4ccccc4C3)cc(-c3cn[nH]c3)n2n1. The number of carbonyl (C=O) groups is 1. The van der Waals surface area contributed by atoms with E-state index >= 15 is 0 Å². The number of nitrogens with one attached hydrogen (secondary N) is 2. The molecule has 10 heteroatoms. The minimum absolute atomic E-state index is 0.289. The lowest BCUT2D eigenvalue weighted by Gasteiger charge is -2.29. The fourth-order valence-electron chi connectivity index (χ4n) is 5.12. The number of hydrogen-bond acceptors (Lipinski definition) is 7. The molecule has 2 aliphatic rings. The number of aromatic amines is 1. The quantitative estimate of drug-likeness (QED) is 0.374. The average molecular weight is 507 g/mol. The summed E-state index contributed by atoms with van der Waals surface area (Å²) in [6, 6.07) is 20.0. The van der Waals surface area contributed by atoms with Gasteiger partial charge >= 0.3 is 0 Å². The molecule has 1 saturated heterocycles. The Morgan fingerprint density at radius 2 is 1.76 bits per heavy atom. The number of anilines is 3. The van der Waals surface area contributed by atoms with E-state index in [0.717, 1.165) is 54.6 Å². The van der Waals surface area contributed by atoms with Crippen LogP contribution in [0.15, 0.2) is 73.1 Å². The zero-order valence-corrected chi connectivity index (χ0v) is 20.7. The number of ether oxygens (including phenoxy) is 1. The summed E-state index contributed by atoms with van der Waals surface area (Å²) in [7, 11) is 0. The first kappa shape index (κ1) is 22.5. The molecule has 1 fully saturated rings. The van der Waals surface area contributed by atoms with Gasteiger partial charge in [0.2, 0.25) is 0 Å². The van der Waals surface area contributed by atoms with Gasteiger partial charge in [-0.1, -0.05) is 30.3 Å². The van der Waals surface area contributed by atoms with E-state index in [2.05, 4.69) is 54.7 Å². The van der Waals surface area contributed by atoms with Crippen molar-refractivity contribution in [3.63, 3.8) is 0 Å². The lowest BCUT2D eigenvalue weighted by Crippen LogP contribution is -2.36. The second-order valence-corrected chi connectivity index (χ2v) is 9.51. The maximum absolute atomic E-state index is 13.3. The highest BCUT2D eigenvalue weighted by Crippen LogP contribution is 2.31. The Morgan fingerprint density at radius 1 is 0.947 bits per heavy atom. The molecule has 0 bridgehead atoms. The third-order valence-corrected chi connectivity index (χ3v) is 7.09. The highest BCUT2D eigenvalue weighted by atomic mass is 16.5. The summed E-state index contributed by atoms with van der Waals surface area (Å²) in [5.74, 6) is 0.540. The first-order valence-corrected chi connectivity index (χ1v) is 12.7. The molecule has 1 amide bonds. The zero-order valence-electron chi connectivity index (χ0n) is 20.7. The Kier molecular flexibility index (Phi) is 5.51. The number of H-pyrrole nitrogens is 1. The summed E-state index contributed by atoms with van der Waals surface area (Å²) >= 11 is 0. The van der Waals surface area contributed by atoms with Crippen LogP contribution in [0.5, 0.6) is 0 Å². The van der Waals surface area contributed by atoms with Crippen molar-refractivity contribution in [2.75, 3.05) is 41.4 Å². The third-order valence-electron chi connectivity index (χ3n) is 7.09. The van der Waals surface area contributed by atoms with Crippen molar-refractivity contribution in [3.05, 3.63) is 89.9 Å². The highest BCUT2D eigenvalue weighted by Gasteiger charge is 2.23.